The van der Waals surface area contributed by atoms with Crippen LogP contribution in [0, 0.1) is 0 Å². The van der Waals surface area contributed by atoms with E-state index < -0.39 is 0 Å². The molecule has 3 rings (SSSR count). The first-order valence-corrected chi connectivity index (χ1v) is 5.83. The fourth-order valence-electron chi connectivity index (χ4n) is 2.13. The van der Waals surface area contributed by atoms with Gasteiger partial charge in [-0.3, -0.25) is 0 Å². The number of fused-ring (bicyclic) bond motifs is 1. The van der Waals surface area contributed by atoms with E-state index in [4.69, 9.17) is 21.1 Å². The summed E-state index contributed by atoms with van der Waals surface area (Å²) >= 11 is 6.22. The second-order valence-corrected chi connectivity index (χ2v) is 4.82. The van der Waals surface area contributed by atoms with Gasteiger partial charge in [-0.05, 0) is 24.5 Å². The minimum absolute atomic E-state index is 0.132. The molecule has 4 heteroatoms. The van der Waals surface area contributed by atoms with Gasteiger partial charge in [-0.1, -0.05) is 11.6 Å². The average Bonchev–Trinajstić information content (AvgIpc) is 3.09. The number of aliphatic hydroxyl groups is 1. The molecule has 0 bridgehead atoms. The molecule has 0 saturated heterocycles. The lowest BCUT2D eigenvalue weighted by molar-refractivity contribution is 0.171. The van der Waals surface area contributed by atoms with E-state index in [1.54, 1.807) is 6.07 Å². The monoisotopic (exact) mass is 240 g/mol. The second-order valence-electron chi connectivity index (χ2n) is 4.41. The largest absolute Gasteiger partial charge is 0.486 e. The van der Waals surface area contributed by atoms with Gasteiger partial charge >= 0.3 is 0 Å². The molecule has 1 N–H and O–H groups in total. The van der Waals surface area contributed by atoms with E-state index in [2.05, 4.69) is 0 Å². The molecule has 16 heavy (non-hydrogen) atoms. The van der Waals surface area contributed by atoms with Crippen LogP contribution in [0.15, 0.2) is 12.1 Å². The number of ether oxygens (including phenoxy) is 2. The first-order chi connectivity index (χ1) is 7.75. The SMILES string of the molecule is OCC1(c2cc3c(cc2Cl)OCCO3)CC1. The molecule has 1 heterocycles. The molecule has 1 aromatic rings. The van der Waals surface area contributed by atoms with Gasteiger partial charge in [0.2, 0.25) is 0 Å². The minimum Gasteiger partial charge on any atom is -0.486 e. The Morgan fingerprint density at radius 1 is 1.19 bits per heavy atom. The molecular formula is C12H13ClO3. The minimum atomic E-state index is -0.132. The number of halogens is 1. The van der Waals surface area contributed by atoms with Crippen molar-refractivity contribution < 1.29 is 14.6 Å². The van der Waals surface area contributed by atoms with Crippen LogP contribution in [0.4, 0.5) is 0 Å². The zero-order valence-electron chi connectivity index (χ0n) is 8.83. The summed E-state index contributed by atoms with van der Waals surface area (Å²) in [5.74, 6) is 1.44. The lowest BCUT2D eigenvalue weighted by atomic mass is 9.96. The van der Waals surface area contributed by atoms with Gasteiger partial charge < -0.3 is 14.6 Å². The zero-order valence-corrected chi connectivity index (χ0v) is 9.59. The van der Waals surface area contributed by atoms with Gasteiger partial charge in [0.15, 0.2) is 11.5 Å². The van der Waals surface area contributed by atoms with Crippen LogP contribution in [-0.2, 0) is 5.41 Å². The fraction of sp³-hybridized carbons (Fsp3) is 0.500. The fourth-order valence-corrected chi connectivity index (χ4v) is 2.49. The van der Waals surface area contributed by atoms with Gasteiger partial charge in [0.1, 0.15) is 13.2 Å². The van der Waals surface area contributed by atoms with Crippen molar-refractivity contribution in [2.24, 2.45) is 0 Å². The number of rotatable bonds is 2. The molecule has 1 saturated carbocycles. The highest BCUT2D eigenvalue weighted by Crippen LogP contribution is 2.52. The molecule has 1 aliphatic heterocycles. The van der Waals surface area contributed by atoms with E-state index in [0.29, 0.717) is 24.0 Å². The molecule has 0 aromatic heterocycles. The van der Waals surface area contributed by atoms with Crippen LogP contribution in [0.3, 0.4) is 0 Å². The summed E-state index contributed by atoms with van der Waals surface area (Å²) in [5, 5.41) is 10.1. The van der Waals surface area contributed by atoms with Gasteiger partial charge in [0, 0.05) is 16.5 Å². The third kappa shape index (κ3) is 1.46. The van der Waals surface area contributed by atoms with Crippen LogP contribution >= 0.6 is 11.6 Å². The Kier molecular flexibility index (Phi) is 2.26. The molecule has 0 unspecified atom stereocenters. The highest BCUT2D eigenvalue weighted by atomic mass is 35.5. The third-order valence-corrected chi connectivity index (χ3v) is 3.67. The van der Waals surface area contributed by atoms with E-state index in [1.165, 1.54) is 0 Å². The Labute approximate surface area is 98.9 Å². The normalized spacial score (nSPS) is 20.6. The van der Waals surface area contributed by atoms with Crippen molar-refractivity contribution in [1.29, 1.82) is 0 Å². The van der Waals surface area contributed by atoms with Gasteiger partial charge in [-0.15, -0.1) is 0 Å². The summed E-state index contributed by atoms with van der Waals surface area (Å²) in [5.41, 5.74) is 0.855. The Balaban J connectivity index is 2.06. The Bertz CT molecular complexity index is 427. The van der Waals surface area contributed by atoms with Crippen molar-refractivity contribution in [3.8, 4) is 11.5 Å². The quantitative estimate of drug-likeness (QED) is 0.861. The molecule has 3 nitrogen and oxygen atoms in total. The van der Waals surface area contributed by atoms with Crippen molar-refractivity contribution in [2.75, 3.05) is 19.8 Å². The van der Waals surface area contributed by atoms with Crippen LogP contribution in [-0.4, -0.2) is 24.9 Å². The number of aliphatic hydroxyl groups excluding tert-OH is 1. The molecule has 86 valence electrons. The number of benzene rings is 1. The van der Waals surface area contributed by atoms with Crippen molar-refractivity contribution in [2.45, 2.75) is 18.3 Å². The number of hydrogen-bond acceptors (Lipinski definition) is 3. The summed E-state index contributed by atoms with van der Waals surface area (Å²) in [7, 11) is 0. The Hall–Kier alpha value is -0.930. The Morgan fingerprint density at radius 3 is 2.38 bits per heavy atom. The predicted molar refractivity (Wildman–Crippen MR) is 60.4 cm³/mol. The first-order valence-electron chi connectivity index (χ1n) is 5.46. The maximum Gasteiger partial charge on any atom is 0.162 e. The predicted octanol–water partition coefficient (Wildman–Crippen LogP) is 2.14. The smallest absolute Gasteiger partial charge is 0.162 e. The molecule has 0 radical (unpaired) electrons. The van der Waals surface area contributed by atoms with Crippen LogP contribution in [0.1, 0.15) is 18.4 Å². The van der Waals surface area contributed by atoms with Crippen molar-refractivity contribution in [3.63, 3.8) is 0 Å². The lowest BCUT2D eigenvalue weighted by Gasteiger charge is -2.22. The second kappa shape index (κ2) is 3.54. The summed E-state index contributed by atoms with van der Waals surface area (Å²) in [6.45, 7) is 1.28. The maximum atomic E-state index is 9.41. The molecule has 0 atom stereocenters. The van der Waals surface area contributed by atoms with Gasteiger partial charge in [0.25, 0.3) is 0 Å². The van der Waals surface area contributed by atoms with E-state index in [-0.39, 0.29) is 12.0 Å². The third-order valence-electron chi connectivity index (χ3n) is 3.36. The van der Waals surface area contributed by atoms with Crippen LogP contribution < -0.4 is 9.47 Å². The number of hydrogen-bond donors (Lipinski definition) is 1. The van der Waals surface area contributed by atoms with Crippen LogP contribution in [0.25, 0.3) is 0 Å². The van der Waals surface area contributed by atoms with Crippen LogP contribution in [0.2, 0.25) is 5.02 Å². The van der Waals surface area contributed by atoms with E-state index in [9.17, 15) is 5.11 Å². The average molecular weight is 241 g/mol. The lowest BCUT2D eigenvalue weighted by Crippen LogP contribution is -2.18. The summed E-state index contributed by atoms with van der Waals surface area (Å²) in [6, 6.07) is 3.71. The Morgan fingerprint density at radius 2 is 1.81 bits per heavy atom. The van der Waals surface area contributed by atoms with Gasteiger partial charge in [0.05, 0.1) is 6.61 Å². The molecule has 0 spiro atoms. The molecule has 0 amide bonds. The molecule has 1 aliphatic carbocycles. The zero-order chi connectivity index (χ0) is 11.2. The molecule has 1 fully saturated rings. The molecule has 2 aliphatic rings. The highest BCUT2D eigenvalue weighted by Gasteiger charge is 2.45. The topological polar surface area (TPSA) is 38.7 Å². The van der Waals surface area contributed by atoms with Crippen molar-refractivity contribution >= 4 is 11.6 Å². The van der Waals surface area contributed by atoms with E-state index >= 15 is 0 Å². The summed E-state index contributed by atoms with van der Waals surface area (Å²) < 4.78 is 11.0. The van der Waals surface area contributed by atoms with Crippen molar-refractivity contribution in [3.05, 3.63) is 22.7 Å². The van der Waals surface area contributed by atoms with Crippen molar-refractivity contribution in [1.82, 2.24) is 0 Å². The first kappa shape index (κ1) is 10.2. The standard InChI is InChI=1S/C12H13ClO3/c13-9-6-11-10(15-3-4-16-11)5-8(9)12(7-14)1-2-12/h5-6,14H,1-4,7H2. The van der Waals surface area contributed by atoms with Gasteiger partial charge in [-0.25, -0.2) is 0 Å². The summed E-state index contributed by atoms with van der Waals surface area (Å²) in [6.07, 6.45) is 1.98. The molecule has 1 aromatic carbocycles. The highest BCUT2D eigenvalue weighted by molar-refractivity contribution is 6.31. The van der Waals surface area contributed by atoms with E-state index in [1.807, 2.05) is 6.07 Å². The van der Waals surface area contributed by atoms with E-state index in [0.717, 1.165) is 24.2 Å². The molecular weight excluding hydrogens is 228 g/mol. The summed E-state index contributed by atoms with van der Waals surface area (Å²) in [4.78, 5) is 0. The maximum absolute atomic E-state index is 9.41. The van der Waals surface area contributed by atoms with Crippen LogP contribution in [0.5, 0.6) is 11.5 Å². The van der Waals surface area contributed by atoms with Gasteiger partial charge in [-0.2, -0.15) is 0 Å².